The number of hydrogen-bond acceptors (Lipinski definition) is 4. The van der Waals surface area contributed by atoms with E-state index in [2.05, 4.69) is 0 Å². The fourth-order valence-electron chi connectivity index (χ4n) is 3.03. The lowest BCUT2D eigenvalue weighted by Crippen LogP contribution is -2.40. The van der Waals surface area contributed by atoms with Crippen molar-refractivity contribution in [1.29, 1.82) is 0 Å². The van der Waals surface area contributed by atoms with Gasteiger partial charge in [0, 0.05) is 0 Å². The summed E-state index contributed by atoms with van der Waals surface area (Å²) in [7, 11) is -3.54. The van der Waals surface area contributed by atoms with Crippen molar-refractivity contribution in [2.24, 2.45) is 0 Å². The maximum Gasteiger partial charge on any atom is 0.232 e. The van der Waals surface area contributed by atoms with Crippen molar-refractivity contribution in [1.82, 2.24) is 0 Å². The van der Waals surface area contributed by atoms with Crippen molar-refractivity contribution >= 4 is 15.7 Å². The van der Waals surface area contributed by atoms with Gasteiger partial charge in [-0.1, -0.05) is 35.4 Å². The highest BCUT2D eigenvalue weighted by atomic mass is 32.2. The number of anilines is 1. The lowest BCUT2D eigenvalue weighted by molar-refractivity contribution is 0.115. The summed E-state index contributed by atoms with van der Waals surface area (Å²) in [6.07, 6.45) is 0.199. The predicted octanol–water partition coefficient (Wildman–Crippen LogP) is 3.13. The van der Waals surface area contributed by atoms with Crippen molar-refractivity contribution in [2.45, 2.75) is 33.8 Å². The van der Waals surface area contributed by atoms with Crippen molar-refractivity contribution < 1.29 is 18.3 Å². The molecule has 2 rings (SSSR count). The molecule has 0 unspecified atom stereocenters. The first-order chi connectivity index (χ1) is 12.1. The van der Waals surface area contributed by atoms with E-state index in [0.717, 1.165) is 28.5 Å². The Hall–Kier alpha value is -2.05. The Balaban J connectivity index is 2.17. The summed E-state index contributed by atoms with van der Waals surface area (Å²) >= 11 is 0. The number of ether oxygens (including phenoxy) is 1. The van der Waals surface area contributed by atoms with Crippen LogP contribution in [0.5, 0.6) is 5.75 Å². The molecule has 1 atom stereocenters. The smallest absolute Gasteiger partial charge is 0.232 e. The van der Waals surface area contributed by atoms with E-state index in [1.54, 1.807) is 0 Å². The fraction of sp³-hybridized carbons (Fsp3) is 0.400. The van der Waals surface area contributed by atoms with E-state index < -0.39 is 16.1 Å². The van der Waals surface area contributed by atoms with Crippen molar-refractivity contribution in [2.75, 3.05) is 23.7 Å². The van der Waals surface area contributed by atoms with E-state index in [1.165, 1.54) is 4.31 Å². The van der Waals surface area contributed by atoms with Crippen LogP contribution in [0.4, 0.5) is 5.69 Å². The monoisotopic (exact) mass is 377 g/mol. The van der Waals surface area contributed by atoms with Crippen LogP contribution in [0.25, 0.3) is 0 Å². The van der Waals surface area contributed by atoms with Crippen LogP contribution >= 0.6 is 0 Å². The second-order valence-corrected chi connectivity index (χ2v) is 8.73. The van der Waals surface area contributed by atoms with Crippen molar-refractivity contribution in [3.8, 4) is 5.75 Å². The third-order valence-corrected chi connectivity index (χ3v) is 5.26. The maximum atomic E-state index is 12.3. The highest BCUT2D eigenvalue weighted by Gasteiger charge is 2.24. The van der Waals surface area contributed by atoms with E-state index in [0.29, 0.717) is 11.4 Å². The molecule has 2 aromatic rings. The molecule has 0 radical (unpaired) electrons. The van der Waals surface area contributed by atoms with E-state index in [4.69, 9.17) is 4.74 Å². The number of aliphatic hydroxyl groups excluding tert-OH is 1. The third-order valence-electron chi connectivity index (χ3n) is 4.13. The summed E-state index contributed by atoms with van der Waals surface area (Å²) in [4.78, 5) is 0. The zero-order chi connectivity index (χ0) is 19.5. The minimum Gasteiger partial charge on any atom is -0.491 e. The normalized spacial score (nSPS) is 12.7. The molecule has 142 valence electrons. The van der Waals surface area contributed by atoms with Crippen LogP contribution in [-0.4, -0.2) is 39.0 Å². The van der Waals surface area contributed by atoms with Crippen LogP contribution in [0.1, 0.15) is 22.3 Å². The van der Waals surface area contributed by atoms with Gasteiger partial charge in [0.1, 0.15) is 18.5 Å². The quantitative estimate of drug-likeness (QED) is 0.805. The van der Waals surface area contributed by atoms with Crippen molar-refractivity contribution in [3.63, 3.8) is 0 Å². The number of sulfonamides is 1. The highest BCUT2D eigenvalue weighted by molar-refractivity contribution is 7.92. The first-order valence-electron chi connectivity index (χ1n) is 8.51. The average molecular weight is 378 g/mol. The lowest BCUT2D eigenvalue weighted by atomic mass is 10.0. The molecule has 0 bridgehead atoms. The summed E-state index contributed by atoms with van der Waals surface area (Å²) in [5, 5.41) is 10.4. The molecule has 0 spiro atoms. The van der Waals surface area contributed by atoms with Crippen LogP contribution in [0.3, 0.4) is 0 Å². The highest BCUT2D eigenvalue weighted by Crippen LogP contribution is 2.28. The summed E-state index contributed by atoms with van der Waals surface area (Å²) in [5.41, 5.74) is 4.53. The summed E-state index contributed by atoms with van der Waals surface area (Å²) < 4.78 is 31.5. The standard InChI is InChI=1S/C20H27NO4S/c1-14-6-8-19(9-7-14)25-13-18(22)12-21(26(5,23)24)20-16(3)10-15(2)11-17(20)4/h6-11,18,22H,12-13H2,1-5H3/t18-/m0/s1. The molecule has 5 nitrogen and oxygen atoms in total. The second kappa shape index (κ2) is 8.10. The average Bonchev–Trinajstić information content (AvgIpc) is 2.51. The van der Waals surface area contributed by atoms with Crippen LogP contribution in [0.2, 0.25) is 0 Å². The Morgan fingerprint density at radius 1 is 1.00 bits per heavy atom. The van der Waals surface area contributed by atoms with E-state index in [9.17, 15) is 13.5 Å². The lowest BCUT2D eigenvalue weighted by Gasteiger charge is -2.28. The second-order valence-electron chi connectivity index (χ2n) is 6.82. The van der Waals surface area contributed by atoms with E-state index >= 15 is 0 Å². The molecule has 1 N–H and O–H groups in total. The summed E-state index contributed by atoms with van der Waals surface area (Å²) in [5.74, 6) is 0.642. The van der Waals surface area contributed by atoms with Crippen LogP contribution in [-0.2, 0) is 10.0 Å². The molecule has 0 aromatic heterocycles. The Labute approximate surface area is 156 Å². The van der Waals surface area contributed by atoms with E-state index in [1.807, 2.05) is 64.1 Å². The molecule has 0 aliphatic carbocycles. The molecular formula is C20H27NO4S. The van der Waals surface area contributed by atoms with Gasteiger partial charge >= 0.3 is 0 Å². The Bertz CT molecular complexity index is 837. The summed E-state index contributed by atoms with van der Waals surface area (Å²) in [6, 6.07) is 11.4. The first kappa shape index (κ1) is 20.3. The largest absolute Gasteiger partial charge is 0.491 e. The minimum absolute atomic E-state index is 0.0129. The Morgan fingerprint density at radius 3 is 2.04 bits per heavy atom. The number of aliphatic hydroxyl groups is 1. The zero-order valence-corrected chi connectivity index (χ0v) is 16.8. The van der Waals surface area contributed by atoms with Gasteiger partial charge in [-0.15, -0.1) is 0 Å². The van der Waals surface area contributed by atoms with Crippen LogP contribution < -0.4 is 9.04 Å². The molecule has 0 heterocycles. The molecule has 0 amide bonds. The molecule has 0 saturated heterocycles. The van der Waals surface area contributed by atoms with Gasteiger partial charge in [-0.2, -0.15) is 0 Å². The maximum absolute atomic E-state index is 12.3. The molecular weight excluding hydrogens is 350 g/mol. The van der Waals surface area contributed by atoms with Gasteiger partial charge in [0.05, 0.1) is 18.5 Å². The number of rotatable bonds is 7. The minimum atomic E-state index is -3.54. The predicted molar refractivity (Wildman–Crippen MR) is 106 cm³/mol. The molecule has 0 fully saturated rings. The van der Waals surface area contributed by atoms with Gasteiger partial charge in [0.15, 0.2) is 0 Å². The van der Waals surface area contributed by atoms with Gasteiger partial charge in [-0.3, -0.25) is 4.31 Å². The third kappa shape index (κ3) is 5.22. The van der Waals surface area contributed by atoms with Gasteiger partial charge in [-0.25, -0.2) is 8.42 Å². The molecule has 26 heavy (non-hydrogen) atoms. The molecule has 0 aliphatic rings. The SMILES string of the molecule is Cc1ccc(OC[C@@H](O)CN(c2c(C)cc(C)cc2C)S(C)(=O)=O)cc1. The number of nitrogens with zero attached hydrogens (tertiary/aromatic N) is 1. The van der Waals surface area contributed by atoms with Gasteiger partial charge < -0.3 is 9.84 Å². The molecule has 0 aliphatic heterocycles. The van der Waals surface area contributed by atoms with Gasteiger partial charge in [0.2, 0.25) is 10.0 Å². The topological polar surface area (TPSA) is 66.8 Å². The van der Waals surface area contributed by atoms with Crippen LogP contribution in [0, 0.1) is 27.7 Å². The number of benzene rings is 2. The fourth-order valence-corrected chi connectivity index (χ4v) is 4.09. The Morgan fingerprint density at radius 2 is 1.54 bits per heavy atom. The number of aryl methyl sites for hydroxylation is 4. The number of hydrogen-bond donors (Lipinski definition) is 1. The first-order valence-corrected chi connectivity index (χ1v) is 10.4. The molecule has 2 aromatic carbocycles. The zero-order valence-electron chi connectivity index (χ0n) is 16.0. The van der Waals surface area contributed by atoms with Gasteiger partial charge in [-0.05, 0) is 51.0 Å². The molecule has 0 saturated carbocycles. The van der Waals surface area contributed by atoms with Crippen LogP contribution in [0.15, 0.2) is 36.4 Å². The van der Waals surface area contributed by atoms with Crippen molar-refractivity contribution in [3.05, 3.63) is 58.7 Å². The molecule has 6 heteroatoms. The van der Waals surface area contributed by atoms with Gasteiger partial charge in [0.25, 0.3) is 0 Å². The summed E-state index contributed by atoms with van der Waals surface area (Å²) in [6.45, 7) is 7.66. The van der Waals surface area contributed by atoms with E-state index in [-0.39, 0.29) is 13.2 Å². The Kier molecular flexibility index (Phi) is 6.31.